The Morgan fingerprint density at radius 1 is 1.28 bits per heavy atom. The Labute approximate surface area is 112 Å². The van der Waals surface area contributed by atoms with Gasteiger partial charge in [0.15, 0.2) is 0 Å². The van der Waals surface area contributed by atoms with Gasteiger partial charge in [-0.25, -0.2) is 0 Å². The highest BCUT2D eigenvalue weighted by atomic mass is 16.1. The van der Waals surface area contributed by atoms with E-state index in [4.69, 9.17) is 0 Å². The number of carbonyl (C=O) groups excluding carboxylic acids is 1. The Bertz CT molecular complexity index is 255. The molecule has 18 heavy (non-hydrogen) atoms. The third-order valence-electron chi connectivity index (χ3n) is 4.40. The molecule has 1 fully saturated rings. The fourth-order valence-electron chi connectivity index (χ4n) is 2.57. The Morgan fingerprint density at radius 2 is 2.00 bits per heavy atom. The Morgan fingerprint density at radius 3 is 2.61 bits per heavy atom. The molecular weight excluding hydrogens is 224 g/mol. The molecule has 0 spiro atoms. The summed E-state index contributed by atoms with van der Waals surface area (Å²) >= 11 is 0. The molecule has 0 heterocycles. The van der Waals surface area contributed by atoms with Crippen LogP contribution in [0.1, 0.15) is 59.8 Å². The lowest BCUT2D eigenvalue weighted by atomic mass is 9.79. The van der Waals surface area contributed by atoms with Crippen LogP contribution >= 0.6 is 0 Å². The molecular formula is C15H30N2O. The molecule has 0 radical (unpaired) electrons. The highest BCUT2D eigenvalue weighted by Crippen LogP contribution is 2.29. The zero-order valence-electron chi connectivity index (χ0n) is 12.5. The van der Waals surface area contributed by atoms with Crippen LogP contribution in [0.2, 0.25) is 0 Å². The molecule has 1 rings (SSSR count). The van der Waals surface area contributed by atoms with Crippen LogP contribution in [0.5, 0.6) is 0 Å². The summed E-state index contributed by atoms with van der Waals surface area (Å²) in [5.74, 6) is 1.84. The smallest absolute Gasteiger partial charge is 0.221 e. The van der Waals surface area contributed by atoms with Gasteiger partial charge in [-0.1, -0.05) is 20.8 Å². The van der Waals surface area contributed by atoms with E-state index in [1.165, 1.54) is 19.3 Å². The number of rotatable bonds is 6. The molecule has 1 amide bonds. The normalized spacial score (nSPS) is 29.9. The predicted octanol–water partition coefficient (Wildman–Crippen LogP) is 2.71. The van der Waals surface area contributed by atoms with Gasteiger partial charge in [0.05, 0.1) is 0 Å². The molecule has 0 aromatic heterocycles. The zero-order chi connectivity index (χ0) is 13.5. The van der Waals surface area contributed by atoms with Crippen molar-refractivity contribution in [3.63, 3.8) is 0 Å². The molecule has 0 bridgehead atoms. The van der Waals surface area contributed by atoms with Crippen molar-refractivity contribution in [3.8, 4) is 0 Å². The van der Waals surface area contributed by atoms with Crippen molar-refractivity contribution in [2.24, 2.45) is 11.8 Å². The molecule has 0 aliphatic heterocycles. The average Bonchev–Trinajstić information content (AvgIpc) is 2.33. The van der Waals surface area contributed by atoms with Crippen LogP contribution in [0.4, 0.5) is 0 Å². The van der Waals surface area contributed by atoms with E-state index in [-0.39, 0.29) is 5.91 Å². The van der Waals surface area contributed by atoms with E-state index in [0.29, 0.717) is 18.5 Å². The second-order valence-electron chi connectivity index (χ2n) is 6.05. The van der Waals surface area contributed by atoms with Crippen molar-refractivity contribution >= 4 is 5.91 Å². The minimum Gasteiger partial charge on any atom is -0.354 e. The second-order valence-corrected chi connectivity index (χ2v) is 6.05. The third-order valence-corrected chi connectivity index (χ3v) is 4.40. The van der Waals surface area contributed by atoms with Gasteiger partial charge < -0.3 is 10.6 Å². The first-order chi connectivity index (χ1) is 8.52. The van der Waals surface area contributed by atoms with Crippen LogP contribution < -0.4 is 10.6 Å². The van der Waals surface area contributed by atoms with Crippen LogP contribution in [0.25, 0.3) is 0 Å². The number of nitrogens with one attached hydrogen (secondary N) is 2. The quantitative estimate of drug-likeness (QED) is 0.765. The summed E-state index contributed by atoms with van der Waals surface area (Å²) in [6.07, 6.45) is 5.44. The van der Waals surface area contributed by atoms with Gasteiger partial charge in [-0.2, -0.15) is 0 Å². The lowest BCUT2D eigenvalue weighted by molar-refractivity contribution is -0.121. The molecule has 4 atom stereocenters. The van der Waals surface area contributed by atoms with Gasteiger partial charge in [0.25, 0.3) is 0 Å². The van der Waals surface area contributed by atoms with E-state index in [1.54, 1.807) is 0 Å². The van der Waals surface area contributed by atoms with Crippen LogP contribution in [-0.2, 0) is 4.79 Å². The first-order valence-corrected chi connectivity index (χ1v) is 7.55. The molecule has 0 aromatic rings. The minimum atomic E-state index is 0.175. The van der Waals surface area contributed by atoms with Gasteiger partial charge in [0, 0.05) is 25.0 Å². The zero-order valence-corrected chi connectivity index (χ0v) is 12.5. The fraction of sp³-hybridized carbons (Fsp3) is 0.933. The van der Waals surface area contributed by atoms with E-state index < -0.39 is 0 Å². The molecule has 3 nitrogen and oxygen atoms in total. The van der Waals surface area contributed by atoms with Gasteiger partial charge >= 0.3 is 0 Å². The first-order valence-electron chi connectivity index (χ1n) is 7.55. The molecule has 2 N–H and O–H groups in total. The van der Waals surface area contributed by atoms with E-state index in [9.17, 15) is 4.79 Å². The molecule has 1 aliphatic rings. The minimum absolute atomic E-state index is 0.175. The van der Waals surface area contributed by atoms with Gasteiger partial charge in [-0.3, -0.25) is 4.79 Å². The summed E-state index contributed by atoms with van der Waals surface area (Å²) in [5, 5.41) is 6.54. The molecule has 3 heteroatoms. The number of amides is 1. The maximum absolute atomic E-state index is 11.6. The highest BCUT2D eigenvalue weighted by Gasteiger charge is 2.23. The topological polar surface area (TPSA) is 41.1 Å². The van der Waals surface area contributed by atoms with Crippen LogP contribution in [0.3, 0.4) is 0 Å². The first kappa shape index (κ1) is 15.5. The molecule has 106 valence electrons. The lowest BCUT2D eigenvalue weighted by Gasteiger charge is -2.32. The van der Waals surface area contributed by atoms with E-state index in [1.807, 2.05) is 0 Å². The largest absolute Gasteiger partial charge is 0.354 e. The summed E-state index contributed by atoms with van der Waals surface area (Å²) in [4.78, 5) is 11.6. The summed E-state index contributed by atoms with van der Waals surface area (Å²) in [6.45, 7) is 9.64. The molecule has 0 saturated heterocycles. The van der Waals surface area contributed by atoms with Crippen LogP contribution in [-0.4, -0.2) is 24.5 Å². The van der Waals surface area contributed by atoms with Gasteiger partial charge in [-0.15, -0.1) is 0 Å². The van der Waals surface area contributed by atoms with Crippen molar-refractivity contribution in [1.82, 2.24) is 10.6 Å². The van der Waals surface area contributed by atoms with Crippen molar-refractivity contribution in [3.05, 3.63) is 0 Å². The fourth-order valence-corrected chi connectivity index (χ4v) is 2.57. The maximum Gasteiger partial charge on any atom is 0.221 e. The highest BCUT2D eigenvalue weighted by molar-refractivity contribution is 5.76. The van der Waals surface area contributed by atoms with Crippen LogP contribution in [0, 0.1) is 11.8 Å². The maximum atomic E-state index is 11.6. The number of carbonyl (C=O) groups is 1. The Hall–Kier alpha value is -0.570. The van der Waals surface area contributed by atoms with Gasteiger partial charge in [-0.05, 0) is 44.4 Å². The Kier molecular flexibility index (Phi) is 6.69. The monoisotopic (exact) mass is 254 g/mol. The number of hydrogen-bond acceptors (Lipinski definition) is 2. The van der Waals surface area contributed by atoms with Crippen molar-refractivity contribution in [1.29, 1.82) is 0 Å². The van der Waals surface area contributed by atoms with Crippen molar-refractivity contribution in [2.75, 3.05) is 6.54 Å². The molecule has 1 saturated carbocycles. The lowest BCUT2D eigenvalue weighted by Crippen LogP contribution is -2.39. The van der Waals surface area contributed by atoms with E-state index >= 15 is 0 Å². The SMILES string of the molecule is CCC(C)NC(=O)CCNC1CCC(C)C(C)C1. The summed E-state index contributed by atoms with van der Waals surface area (Å²) in [6, 6.07) is 0.917. The molecule has 0 aromatic carbocycles. The predicted molar refractivity (Wildman–Crippen MR) is 76.5 cm³/mol. The summed E-state index contributed by atoms with van der Waals surface area (Å²) < 4.78 is 0. The molecule has 1 aliphatic carbocycles. The summed E-state index contributed by atoms with van der Waals surface area (Å²) in [7, 11) is 0. The standard InChI is InChI=1S/C15H30N2O/c1-5-13(4)17-15(18)8-9-16-14-7-6-11(2)12(3)10-14/h11-14,16H,5-10H2,1-4H3,(H,17,18). The van der Waals surface area contributed by atoms with E-state index in [0.717, 1.165) is 24.8 Å². The summed E-state index contributed by atoms with van der Waals surface area (Å²) in [5.41, 5.74) is 0. The van der Waals surface area contributed by atoms with Crippen molar-refractivity contribution < 1.29 is 4.79 Å². The second kappa shape index (κ2) is 7.78. The molecule has 4 unspecified atom stereocenters. The average molecular weight is 254 g/mol. The third kappa shape index (κ3) is 5.38. The van der Waals surface area contributed by atoms with Crippen molar-refractivity contribution in [2.45, 2.75) is 71.9 Å². The number of hydrogen-bond donors (Lipinski definition) is 2. The van der Waals surface area contributed by atoms with Crippen LogP contribution in [0.15, 0.2) is 0 Å². The van der Waals surface area contributed by atoms with E-state index in [2.05, 4.69) is 38.3 Å². The van der Waals surface area contributed by atoms with Gasteiger partial charge in [0.2, 0.25) is 5.91 Å². The Balaban J connectivity index is 2.12. The van der Waals surface area contributed by atoms with Gasteiger partial charge in [0.1, 0.15) is 0 Å².